The van der Waals surface area contributed by atoms with Crippen molar-refractivity contribution >= 4 is 5.97 Å². The first kappa shape index (κ1) is 21.6. The zero-order valence-electron chi connectivity index (χ0n) is 18.6. The third kappa shape index (κ3) is 5.30. The van der Waals surface area contributed by atoms with Gasteiger partial charge in [-0.3, -0.25) is 4.79 Å². The second-order valence-corrected chi connectivity index (χ2v) is 9.63. The molecule has 4 nitrogen and oxygen atoms in total. The first-order valence-corrected chi connectivity index (χ1v) is 10.7. The van der Waals surface area contributed by atoms with Crippen molar-refractivity contribution in [1.29, 1.82) is 0 Å². The van der Waals surface area contributed by atoms with E-state index in [-0.39, 0.29) is 12.0 Å². The highest BCUT2D eigenvalue weighted by molar-refractivity contribution is 5.77. The lowest BCUT2D eigenvalue weighted by atomic mass is 9.73. The molecule has 1 aromatic carbocycles. The van der Waals surface area contributed by atoms with Crippen molar-refractivity contribution in [1.82, 2.24) is 5.32 Å². The van der Waals surface area contributed by atoms with Crippen molar-refractivity contribution in [2.75, 3.05) is 7.11 Å². The minimum absolute atomic E-state index is 0.193. The molecule has 29 heavy (non-hydrogen) atoms. The summed E-state index contributed by atoms with van der Waals surface area (Å²) in [6, 6.07) is 6.83. The summed E-state index contributed by atoms with van der Waals surface area (Å²) < 4.78 is 11.0. The number of esters is 1. The number of benzene rings is 1. The lowest BCUT2D eigenvalue weighted by Crippen LogP contribution is -2.43. The second-order valence-electron chi connectivity index (χ2n) is 9.63. The number of methoxy groups -OCH3 is 1. The van der Waals surface area contributed by atoms with Gasteiger partial charge in [0.25, 0.3) is 0 Å². The van der Waals surface area contributed by atoms with Crippen molar-refractivity contribution in [3.8, 4) is 5.75 Å². The molecule has 0 amide bonds. The average molecular weight is 398 g/mol. The van der Waals surface area contributed by atoms with Gasteiger partial charge in [-0.25, -0.2) is 0 Å². The monoisotopic (exact) mass is 397 g/mol. The third-order valence-electron chi connectivity index (χ3n) is 5.81. The SMILES string of the molecule is COC1=CC(NC(C)C)C([C@@H]2CCc3cc(OC(=O)C(C)(C)C)ccc3C2)C=C1. The first-order valence-electron chi connectivity index (χ1n) is 10.7. The fraction of sp³-hybridized carbons (Fsp3) is 0.560. The van der Waals surface area contributed by atoms with Crippen LogP contribution in [0.15, 0.2) is 42.2 Å². The van der Waals surface area contributed by atoms with Gasteiger partial charge in [-0.05, 0) is 87.3 Å². The standard InChI is InChI=1S/C25H35NO3/c1-16(2)26-23-15-20(28-6)11-12-22(23)19-8-7-18-14-21(10-9-17(18)13-19)29-24(27)25(3,4)5/h9-12,14-16,19,22-23,26H,7-8,13H2,1-6H3/t19-,22?,23?/m1/s1. The van der Waals surface area contributed by atoms with Gasteiger partial charge in [0.1, 0.15) is 11.5 Å². The molecule has 2 aliphatic rings. The quantitative estimate of drug-likeness (QED) is 0.571. The molecule has 0 fully saturated rings. The number of aryl methyl sites for hydroxylation is 1. The molecule has 1 N–H and O–H groups in total. The molecule has 0 saturated carbocycles. The Bertz CT molecular complexity index is 801. The Morgan fingerprint density at radius 2 is 1.97 bits per heavy atom. The minimum Gasteiger partial charge on any atom is -0.497 e. The second kappa shape index (κ2) is 8.74. The topological polar surface area (TPSA) is 47.6 Å². The molecule has 0 aromatic heterocycles. The van der Waals surface area contributed by atoms with Crippen LogP contribution in [0.1, 0.15) is 52.2 Å². The summed E-state index contributed by atoms with van der Waals surface area (Å²) in [6.45, 7) is 10.0. The molecule has 1 aromatic rings. The highest BCUT2D eigenvalue weighted by Gasteiger charge is 2.32. The number of nitrogens with one attached hydrogen (secondary N) is 1. The van der Waals surface area contributed by atoms with Crippen molar-refractivity contribution in [3.63, 3.8) is 0 Å². The van der Waals surface area contributed by atoms with E-state index in [0.717, 1.165) is 25.0 Å². The molecule has 0 saturated heterocycles. The smallest absolute Gasteiger partial charge is 0.316 e. The molecule has 0 bridgehead atoms. The van der Waals surface area contributed by atoms with Crippen LogP contribution in [0.4, 0.5) is 0 Å². The van der Waals surface area contributed by atoms with Gasteiger partial charge in [0, 0.05) is 12.1 Å². The molecule has 0 spiro atoms. The molecular formula is C25H35NO3. The highest BCUT2D eigenvalue weighted by Crippen LogP contribution is 2.36. The summed E-state index contributed by atoms with van der Waals surface area (Å²) >= 11 is 0. The van der Waals surface area contributed by atoms with Gasteiger partial charge < -0.3 is 14.8 Å². The predicted octanol–water partition coefficient (Wildman–Crippen LogP) is 4.83. The van der Waals surface area contributed by atoms with Crippen LogP contribution in [0.2, 0.25) is 0 Å². The van der Waals surface area contributed by atoms with Crippen LogP contribution in [0, 0.1) is 17.3 Å². The van der Waals surface area contributed by atoms with Gasteiger partial charge in [0.2, 0.25) is 0 Å². The van der Waals surface area contributed by atoms with Crippen LogP contribution in [0.5, 0.6) is 5.75 Å². The van der Waals surface area contributed by atoms with Crippen LogP contribution in [0.3, 0.4) is 0 Å². The molecule has 3 rings (SSSR count). The van der Waals surface area contributed by atoms with E-state index in [1.165, 1.54) is 11.1 Å². The fourth-order valence-corrected chi connectivity index (χ4v) is 4.21. The Kier molecular flexibility index (Phi) is 6.52. The van der Waals surface area contributed by atoms with Gasteiger partial charge in [-0.2, -0.15) is 0 Å². The van der Waals surface area contributed by atoms with E-state index in [4.69, 9.17) is 9.47 Å². The van der Waals surface area contributed by atoms with E-state index in [1.807, 2.05) is 26.8 Å². The Hall–Kier alpha value is -2.07. The molecule has 158 valence electrons. The van der Waals surface area contributed by atoms with Crippen molar-refractivity contribution in [2.24, 2.45) is 17.3 Å². The fourth-order valence-electron chi connectivity index (χ4n) is 4.21. The number of ether oxygens (including phenoxy) is 2. The molecule has 0 heterocycles. The van der Waals surface area contributed by atoms with E-state index >= 15 is 0 Å². The zero-order valence-corrected chi connectivity index (χ0v) is 18.6. The minimum atomic E-state index is -0.499. The molecule has 4 heteroatoms. The first-order chi connectivity index (χ1) is 13.7. The lowest BCUT2D eigenvalue weighted by molar-refractivity contribution is -0.143. The number of fused-ring (bicyclic) bond motifs is 1. The predicted molar refractivity (Wildman–Crippen MR) is 117 cm³/mol. The van der Waals surface area contributed by atoms with E-state index < -0.39 is 5.41 Å². The number of rotatable bonds is 5. The van der Waals surface area contributed by atoms with Gasteiger partial charge in [-0.15, -0.1) is 0 Å². The van der Waals surface area contributed by atoms with Gasteiger partial charge in [0.05, 0.1) is 12.5 Å². The van der Waals surface area contributed by atoms with Gasteiger partial charge in [-0.1, -0.05) is 26.0 Å². The van der Waals surface area contributed by atoms with Crippen LogP contribution < -0.4 is 10.1 Å². The Morgan fingerprint density at radius 1 is 1.21 bits per heavy atom. The summed E-state index contributed by atoms with van der Waals surface area (Å²) in [5, 5.41) is 3.70. The van der Waals surface area contributed by atoms with Crippen molar-refractivity contribution < 1.29 is 14.3 Å². The molecule has 0 radical (unpaired) electrons. The maximum Gasteiger partial charge on any atom is 0.316 e. The maximum atomic E-state index is 12.2. The van der Waals surface area contributed by atoms with Gasteiger partial charge in [0.15, 0.2) is 0 Å². The highest BCUT2D eigenvalue weighted by atomic mass is 16.5. The molecule has 3 atom stereocenters. The molecule has 2 unspecified atom stereocenters. The average Bonchev–Trinajstić information content (AvgIpc) is 2.66. The van der Waals surface area contributed by atoms with Crippen LogP contribution in [0.25, 0.3) is 0 Å². The third-order valence-corrected chi connectivity index (χ3v) is 5.81. The number of carbonyl (C=O) groups excluding carboxylic acids is 1. The summed E-state index contributed by atoms with van der Waals surface area (Å²) in [6.07, 6.45) is 9.83. The van der Waals surface area contributed by atoms with E-state index in [2.05, 4.69) is 49.5 Å². The van der Waals surface area contributed by atoms with Crippen LogP contribution in [-0.4, -0.2) is 25.2 Å². The Labute approximate surface area is 175 Å². The Balaban J connectivity index is 1.73. The number of carbonyl (C=O) groups is 1. The molecule has 2 aliphatic carbocycles. The normalized spacial score (nSPS) is 24.1. The zero-order chi connectivity index (χ0) is 21.2. The summed E-state index contributed by atoms with van der Waals surface area (Å²) in [5.41, 5.74) is 2.18. The largest absolute Gasteiger partial charge is 0.497 e. The number of allylic oxidation sites excluding steroid dienone is 1. The Morgan fingerprint density at radius 3 is 2.62 bits per heavy atom. The summed E-state index contributed by atoms with van der Waals surface area (Å²) in [7, 11) is 1.73. The summed E-state index contributed by atoms with van der Waals surface area (Å²) in [5.74, 6) is 2.42. The lowest BCUT2D eigenvalue weighted by Gasteiger charge is -2.37. The van der Waals surface area contributed by atoms with Crippen molar-refractivity contribution in [2.45, 2.75) is 66.0 Å². The van der Waals surface area contributed by atoms with E-state index in [1.54, 1.807) is 7.11 Å². The van der Waals surface area contributed by atoms with Crippen LogP contribution >= 0.6 is 0 Å². The summed E-state index contributed by atoms with van der Waals surface area (Å²) in [4.78, 5) is 12.2. The molecule has 0 aliphatic heterocycles. The van der Waals surface area contributed by atoms with Gasteiger partial charge >= 0.3 is 5.97 Å². The van der Waals surface area contributed by atoms with E-state index in [0.29, 0.717) is 23.6 Å². The maximum absolute atomic E-state index is 12.2. The van der Waals surface area contributed by atoms with E-state index in [9.17, 15) is 4.79 Å². The number of hydrogen-bond acceptors (Lipinski definition) is 4. The van der Waals surface area contributed by atoms with Crippen molar-refractivity contribution in [3.05, 3.63) is 53.3 Å². The van der Waals surface area contributed by atoms with Crippen LogP contribution in [-0.2, 0) is 22.4 Å². The molecular weight excluding hydrogens is 362 g/mol. The number of hydrogen-bond donors (Lipinski definition) is 1.